The topological polar surface area (TPSA) is 75.9 Å². The fraction of sp³-hybridized carbons (Fsp3) is 0.600. The highest BCUT2D eigenvalue weighted by atomic mass is 16.2. The number of aryl methyl sites for hydroxylation is 1. The van der Waals surface area contributed by atoms with Gasteiger partial charge in [-0.1, -0.05) is 24.1 Å². The number of amides is 1. The number of rotatable bonds is 5. The summed E-state index contributed by atoms with van der Waals surface area (Å²) in [5, 5.41) is 11.4. The predicted octanol–water partition coefficient (Wildman–Crippen LogP) is 2.49. The standard InChI is InChI=1S/C20H28N6O/c1-15-5-4-8-17(21-15)13-25-11-9-18(10-12-25)26-14-19(23-24-26)20(27)22-16-6-2-3-7-16/h4-5,8,14,16,18H,2-3,6-7,9-13H2,1H3,(H,22,27). The molecule has 2 aromatic rings. The molecule has 0 aromatic carbocycles. The summed E-state index contributed by atoms with van der Waals surface area (Å²) in [4.78, 5) is 19.4. The Balaban J connectivity index is 1.29. The second kappa shape index (κ2) is 8.17. The largest absolute Gasteiger partial charge is 0.348 e. The molecule has 2 aromatic heterocycles. The van der Waals surface area contributed by atoms with Crippen molar-refractivity contribution in [3.05, 3.63) is 41.5 Å². The van der Waals surface area contributed by atoms with E-state index in [0.717, 1.165) is 56.7 Å². The van der Waals surface area contributed by atoms with Crippen LogP contribution in [-0.4, -0.2) is 49.9 Å². The average molecular weight is 368 g/mol. The summed E-state index contributed by atoms with van der Waals surface area (Å²) < 4.78 is 1.88. The monoisotopic (exact) mass is 368 g/mol. The third-order valence-electron chi connectivity index (χ3n) is 5.70. The molecule has 0 spiro atoms. The number of aromatic nitrogens is 4. The summed E-state index contributed by atoms with van der Waals surface area (Å²) in [5.41, 5.74) is 2.63. The van der Waals surface area contributed by atoms with Gasteiger partial charge in [-0.2, -0.15) is 0 Å². The number of likely N-dealkylation sites (tertiary alicyclic amines) is 1. The summed E-state index contributed by atoms with van der Waals surface area (Å²) in [6.07, 6.45) is 8.40. The van der Waals surface area contributed by atoms with E-state index in [1.165, 1.54) is 12.8 Å². The van der Waals surface area contributed by atoms with Crippen molar-refractivity contribution >= 4 is 5.91 Å². The second-order valence-electron chi connectivity index (χ2n) is 7.82. The van der Waals surface area contributed by atoms with Gasteiger partial charge in [-0.05, 0) is 44.7 Å². The Morgan fingerprint density at radius 3 is 2.70 bits per heavy atom. The van der Waals surface area contributed by atoms with Gasteiger partial charge in [0.05, 0.1) is 17.9 Å². The van der Waals surface area contributed by atoms with E-state index in [4.69, 9.17) is 0 Å². The zero-order valence-electron chi connectivity index (χ0n) is 16.0. The van der Waals surface area contributed by atoms with Crippen molar-refractivity contribution < 1.29 is 4.79 Å². The minimum atomic E-state index is -0.0869. The molecule has 0 unspecified atom stereocenters. The maximum absolute atomic E-state index is 12.3. The first-order valence-electron chi connectivity index (χ1n) is 10.0. The van der Waals surface area contributed by atoms with E-state index < -0.39 is 0 Å². The Kier molecular flexibility index (Phi) is 5.48. The van der Waals surface area contributed by atoms with Crippen LogP contribution in [0.1, 0.15) is 66.4 Å². The van der Waals surface area contributed by atoms with Crippen molar-refractivity contribution in [3.8, 4) is 0 Å². The van der Waals surface area contributed by atoms with Crippen LogP contribution in [0, 0.1) is 6.92 Å². The van der Waals surface area contributed by atoms with Gasteiger partial charge in [-0.15, -0.1) is 5.10 Å². The quantitative estimate of drug-likeness (QED) is 0.877. The van der Waals surface area contributed by atoms with Crippen LogP contribution in [0.5, 0.6) is 0 Å². The van der Waals surface area contributed by atoms with Crippen molar-refractivity contribution in [3.63, 3.8) is 0 Å². The number of carbonyl (C=O) groups excluding carboxylic acids is 1. The summed E-state index contributed by atoms with van der Waals surface area (Å²) in [6.45, 7) is 4.93. The maximum Gasteiger partial charge on any atom is 0.273 e. The molecule has 0 bridgehead atoms. The van der Waals surface area contributed by atoms with E-state index in [0.29, 0.717) is 17.8 Å². The zero-order chi connectivity index (χ0) is 18.6. The zero-order valence-corrected chi connectivity index (χ0v) is 16.0. The second-order valence-corrected chi connectivity index (χ2v) is 7.82. The highest BCUT2D eigenvalue weighted by Gasteiger charge is 2.24. The van der Waals surface area contributed by atoms with Gasteiger partial charge in [0.2, 0.25) is 0 Å². The number of piperidine rings is 1. The Morgan fingerprint density at radius 2 is 1.96 bits per heavy atom. The van der Waals surface area contributed by atoms with Crippen molar-refractivity contribution in [1.82, 2.24) is 30.2 Å². The number of carbonyl (C=O) groups is 1. The molecule has 7 nitrogen and oxygen atoms in total. The summed E-state index contributed by atoms with van der Waals surface area (Å²) >= 11 is 0. The van der Waals surface area contributed by atoms with E-state index in [9.17, 15) is 4.79 Å². The van der Waals surface area contributed by atoms with E-state index in [1.807, 2.05) is 23.9 Å². The molecule has 1 aliphatic carbocycles. The van der Waals surface area contributed by atoms with E-state index in [1.54, 1.807) is 0 Å². The lowest BCUT2D eigenvalue weighted by molar-refractivity contribution is 0.0932. The first kappa shape index (κ1) is 18.1. The molecule has 3 heterocycles. The molecular weight excluding hydrogens is 340 g/mol. The third kappa shape index (κ3) is 4.53. The molecule has 1 amide bonds. The van der Waals surface area contributed by atoms with Gasteiger partial charge in [0.25, 0.3) is 5.91 Å². The molecule has 27 heavy (non-hydrogen) atoms. The number of hydrogen-bond donors (Lipinski definition) is 1. The molecule has 4 rings (SSSR count). The third-order valence-corrected chi connectivity index (χ3v) is 5.70. The lowest BCUT2D eigenvalue weighted by atomic mass is 10.1. The van der Waals surface area contributed by atoms with Crippen LogP contribution in [0.4, 0.5) is 0 Å². The first-order valence-corrected chi connectivity index (χ1v) is 10.0. The van der Waals surface area contributed by atoms with Crippen molar-refractivity contribution in [2.75, 3.05) is 13.1 Å². The number of pyridine rings is 1. The van der Waals surface area contributed by atoms with Gasteiger partial charge in [0.1, 0.15) is 0 Å². The molecule has 2 fully saturated rings. The van der Waals surface area contributed by atoms with Crippen molar-refractivity contribution in [2.24, 2.45) is 0 Å². The highest BCUT2D eigenvalue weighted by molar-refractivity contribution is 5.92. The highest BCUT2D eigenvalue weighted by Crippen LogP contribution is 2.23. The summed E-state index contributed by atoms with van der Waals surface area (Å²) in [5.74, 6) is -0.0869. The van der Waals surface area contributed by atoms with Gasteiger partial charge >= 0.3 is 0 Å². The van der Waals surface area contributed by atoms with Gasteiger partial charge in [-0.3, -0.25) is 14.7 Å². The maximum atomic E-state index is 12.3. The van der Waals surface area contributed by atoms with E-state index >= 15 is 0 Å². The van der Waals surface area contributed by atoms with Crippen molar-refractivity contribution in [1.29, 1.82) is 0 Å². The van der Waals surface area contributed by atoms with Gasteiger partial charge in [-0.25, -0.2) is 4.68 Å². The molecule has 1 saturated carbocycles. The smallest absolute Gasteiger partial charge is 0.273 e. The van der Waals surface area contributed by atoms with Gasteiger partial charge < -0.3 is 5.32 Å². The average Bonchev–Trinajstić information content (AvgIpc) is 3.34. The lowest BCUT2D eigenvalue weighted by Gasteiger charge is -2.31. The Hall–Kier alpha value is -2.28. The lowest BCUT2D eigenvalue weighted by Crippen LogP contribution is -2.34. The van der Waals surface area contributed by atoms with Crippen LogP contribution in [0.3, 0.4) is 0 Å². The molecule has 1 aliphatic heterocycles. The van der Waals surface area contributed by atoms with Crippen LogP contribution in [-0.2, 0) is 6.54 Å². The van der Waals surface area contributed by atoms with Gasteiger partial charge in [0.15, 0.2) is 5.69 Å². The molecule has 1 N–H and O–H groups in total. The fourth-order valence-electron chi connectivity index (χ4n) is 4.15. The minimum Gasteiger partial charge on any atom is -0.348 e. The molecule has 2 aliphatic rings. The summed E-state index contributed by atoms with van der Waals surface area (Å²) in [6, 6.07) is 6.80. The fourth-order valence-corrected chi connectivity index (χ4v) is 4.15. The van der Waals surface area contributed by atoms with Crippen LogP contribution < -0.4 is 5.32 Å². The normalized spacial score (nSPS) is 19.4. The van der Waals surface area contributed by atoms with E-state index in [-0.39, 0.29) is 5.91 Å². The predicted molar refractivity (Wildman–Crippen MR) is 102 cm³/mol. The summed E-state index contributed by atoms with van der Waals surface area (Å²) in [7, 11) is 0. The molecular formula is C20H28N6O. The Morgan fingerprint density at radius 1 is 1.19 bits per heavy atom. The molecule has 0 atom stereocenters. The van der Waals surface area contributed by atoms with E-state index in [2.05, 4.69) is 37.6 Å². The number of nitrogens with zero attached hydrogens (tertiary/aromatic N) is 5. The Labute approximate surface area is 160 Å². The molecule has 1 saturated heterocycles. The van der Waals surface area contributed by atoms with Crippen LogP contribution >= 0.6 is 0 Å². The van der Waals surface area contributed by atoms with Crippen molar-refractivity contribution in [2.45, 2.75) is 64.1 Å². The van der Waals surface area contributed by atoms with Crippen LogP contribution in [0.2, 0.25) is 0 Å². The molecule has 7 heteroatoms. The first-order chi connectivity index (χ1) is 13.2. The van der Waals surface area contributed by atoms with Gasteiger partial charge in [0, 0.05) is 31.4 Å². The Bertz CT molecular complexity index is 774. The molecule has 144 valence electrons. The SMILES string of the molecule is Cc1cccc(CN2CCC(n3cc(C(=O)NC4CCCC4)nn3)CC2)n1. The molecule has 0 radical (unpaired) electrons. The van der Waals surface area contributed by atoms with Crippen LogP contribution in [0.25, 0.3) is 0 Å². The number of hydrogen-bond acceptors (Lipinski definition) is 5. The van der Waals surface area contributed by atoms with Crippen LogP contribution in [0.15, 0.2) is 24.4 Å². The number of nitrogens with one attached hydrogen (secondary N) is 1. The minimum absolute atomic E-state index is 0.0869.